The number of hydrogen-bond acceptors (Lipinski definition) is 2. The van der Waals surface area contributed by atoms with Gasteiger partial charge in [-0.05, 0) is 19.1 Å². The molecule has 2 rings (SSSR count). The third kappa shape index (κ3) is 1.79. The Kier molecular flexibility index (Phi) is 2.53. The first-order chi connectivity index (χ1) is 6.77. The summed E-state index contributed by atoms with van der Waals surface area (Å²) < 4.78 is 5.73. The smallest absolute Gasteiger partial charge is 0.216 e. The van der Waals surface area contributed by atoms with E-state index in [1.807, 2.05) is 30.3 Å². The van der Waals surface area contributed by atoms with Gasteiger partial charge in [-0.3, -0.25) is 4.99 Å². The summed E-state index contributed by atoms with van der Waals surface area (Å²) in [6.07, 6.45) is 0.266. The normalized spacial score (nSPS) is 26.6. The molecule has 0 saturated heterocycles. The second kappa shape index (κ2) is 3.82. The molecule has 0 N–H and O–H groups in total. The number of aliphatic imine (C=N–C) groups is 1. The monoisotopic (exact) mass is 189 g/mol. The number of rotatable bonds is 1. The van der Waals surface area contributed by atoms with Gasteiger partial charge in [0.25, 0.3) is 0 Å². The Labute approximate surface area is 84.6 Å². The second-order valence-electron chi connectivity index (χ2n) is 3.81. The van der Waals surface area contributed by atoms with Crippen molar-refractivity contribution in [1.29, 1.82) is 0 Å². The van der Waals surface area contributed by atoms with Crippen LogP contribution in [-0.2, 0) is 4.74 Å². The zero-order valence-corrected chi connectivity index (χ0v) is 8.60. The van der Waals surface area contributed by atoms with Crippen LogP contribution >= 0.6 is 0 Å². The lowest BCUT2D eigenvalue weighted by molar-refractivity contribution is 0.136. The second-order valence-corrected chi connectivity index (χ2v) is 3.81. The maximum atomic E-state index is 5.73. The van der Waals surface area contributed by atoms with Gasteiger partial charge in [-0.25, -0.2) is 0 Å². The summed E-state index contributed by atoms with van der Waals surface area (Å²) in [5.41, 5.74) is 1.08. The molecule has 0 aromatic heterocycles. The van der Waals surface area contributed by atoms with Gasteiger partial charge in [-0.1, -0.05) is 25.1 Å². The highest BCUT2D eigenvalue weighted by atomic mass is 16.5. The van der Waals surface area contributed by atoms with Crippen LogP contribution in [0.15, 0.2) is 35.3 Å². The Morgan fingerprint density at radius 1 is 1.21 bits per heavy atom. The average molecular weight is 189 g/mol. The third-order valence-electron chi connectivity index (χ3n) is 2.64. The zero-order valence-electron chi connectivity index (χ0n) is 8.60. The van der Waals surface area contributed by atoms with Crippen molar-refractivity contribution in [1.82, 2.24) is 0 Å². The van der Waals surface area contributed by atoms with Crippen molar-refractivity contribution in [3.8, 4) is 0 Å². The molecule has 0 fully saturated rings. The summed E-state index contributed by atoms with van der Waals surface area (Å²) in [4.78, 5) is 4.43. The highest BCUT2D eigenvalue weighted by Crippen LogP contribution is 2.16. The molecule has 0 aliphatic carbocycles. The topological polar surface area (TPSA) is 21.6 Å². The summed E-state index contributed by atoms with van der Waals surface area (Å²) in [5.74, 6) is 1.30. The number of nitrogens with zero attached hydrogens (tertiary/aromatic N) is 1. The van der Waals surface area contributed by atoms with Crippen LogP contribution in [-0.4, -0.2) is 18.5 Å². The van der Waals surface area contributed by atoms with Crippen molar-refractivity contribution in [2.75, 3.05) is 6.54 Å². The molecule has 0 saturated carbocycles. The fourth-order valence-electron chi connectivity index (χ4n) is 1.44. The molecular formula is C12H15NO. The molecule has 0 bridgehead atoms. The average Bonchev–Trinajstić information content (AvgIpc) is 2.23. The minimum Gasteiger partial charge on any atom is -0.474 e. The quantitative estimate of drug-likeness (QED) is 0.665. The fraction of sp³-hybridized carbons (Fsp3) is 0.417. The van der Waals surface area contributed by atoms with E-state index in [2.05, 4.69) is 18.8 Å². The predicted molar refractivity (Wildman–Crippen MR) is 57.6 cm³/mol. The highest BCUT2D eigenvalue weighted by molar-refractivity contribution is 5.94. The molecule has 14 heavy (non-hydrogen) atoms. The molecule has 2 atom stereocenters. The van der Waals surface area contributed by atoms with Crippen LogP contribution in [0, 0.1) is 5.92 Å². The van der Waals surface area contributed by atoms with Gasteiger partial charge in [0.2, 0.25) is 5.90 Å². The van der Waals surface area contributed by atoms with Crippen molar-refractivity contribution in [2.24, 2.45) is 10.9 Å². The number of hydrogen-bond donors (Lipinski definition) is 0. The van der Waals surface area contributed by atoms with E-state index in [0.717, 1.165) is 18.0 Å². The summed E-state index contributed by atoms with van der Waals surface area (Å²) >= 11 is 0. The summed E-state index contributed by atoms with van der Waals surface area (Å²) in [5, 5.41) is 0. The highest BCUT2D eigenvalue weighted by Gasteiger charge is 2.21. The first-order valence-corrected chi connectivity index (χ1v) is 5.04. The molecule has 0 unspecified atom stereocenters. The van der Waals surface area contributed by atoms with Gasteiger partial charge in [0.15, 0.2) is 0 Å². The minimum atomic E-state index is 0.266. The molecule has 1 aliphatic rings. The Morgan fingerprint density at radius 2 is 1.93 bits per heavy atom. The maximum Gasteiger partial charge on any atom is 0.216 e. The summed E-state index contributed by atoms with van der Waals surface area (Å²) in [7, 11) is 0. The molecule has 1 aromatic carbocycles. The lowest BCUT2D eigenvalue weighted by Gasteiger charge is -2.26. The number of benzene rings is 1. The minimum absolute atomic E-state index is 0.266. The van der Waals surface area contributed by atoms with E-state index in [-0.39, 0.29) is 6.10 Å². The fourth-order valence-corrected chi connectivity index (χ4v) is 1.44. The van der Waals surface area contributed by atoms with Gasteiger partial charge in [-0.2, -0.15) is 0 Å². The first kappa shape index (κ1) is 9.25. The van der Waals surface area contributed by atoms with Crippen LogP contribution in [0.5, 0.6) is 0 Å². The zero-order chi connectivity index (χ0) is 9.97. The maximum absolute atomic E-state index is 5.73. The lowest BCUT2D eigenvalue weighted by atomic mass is 10.1. The van der Waals surface area contributed by atoms with E-state index in [1.54, 1.807) is 0 Å². The van der Waals surface area contributed by atoms with Crippen molar-refractivity contribution >= 4 is 5.90 Å². The van der Waals surface area contributed by atoms with E-state index in [9.17, 15) is 0 Å². The van der Waals surface area contributed by atoms with E-state index in [4.69, 9.17) is 4.74 Å². The molecule has 1 aromatic rings. The molecule has 2 nitrogen and oxygen atoms in total. The van der Waals surface area contributed by atoms with E-state index in [0.29, 0.717) is 5.92 Å². The molecule has 1 heterocycles. The lowest BCUT2D eigenvalue weighted by Crippen LogP contribution is -2.29. The Balaban J connectivity index is 2.21. The molecular weight excluding hydrogens is 174 g/mol. The van der Waals surface area contributed by atoms with Crippen LogP contribution in [0.4, 0.5) is 0 Å². The van der Waals surface area contributed by atoms with Crippen LogP contribution in [0.1, 0.15) is 19.4 Å². The van der Waals surface area contributed by atoms with E-state index >= 15 is 0 Å². The van der Waals surface area contributed by atoms with Crippen molar-refractivity contribution in [3.05, 3.63) is 35.9 Å². The Hall–Kier alpha value is -1.31. The number of ether oxygens (including phenoxy) is 1. The van der Waals surface area contributed by atoms with Gasteiger partial charge >= 0.3 is 0 Å². The Bertz CT molecular complexity index is 331. The standard InChI is InChI=1S/C12H15NO/c1-9-8-13-12(14-10(9)2)11-6-4-3-5-7-11/h3-7,9-10H,8H2,1-2H3/t9-,10-/m0/s1. The molecule has 2 heteroatoms. The molecule has 0 amide bonds. The van der Waals surface area contributed by atoms with Crippen molar-refractivity contribution < 1.29 is 4.74 Å². The van der Waals surface area contributed by atoms with Crippen LogP contribution in [0.3, 0.4) is 0 Å². The van der Waals surface area contributed by atoms with Crippen LogP contribution in [0.25, 0.3) is 0 Å². The molecule has 0 radical (unpaired) electrons. The first-order valence-electron chi connectivity index (χ1n) is 5.04. The predicted octanol–water partition coefficient (Wildman–Crippen LogP) is 2.49. The van der Waals surface area contributed by atoms with Crippen molar-refractivity contribution in [3.63, 3.8) is 0 Å². The van der Waals surface area contributed by atoms with Gasteiger partial charge in [0.05, 0.1) is 0 Å². The third-order valence-corrected chi connectivity index (χ3v) is 2.64. The molecule has 74 valence electrons. The summed E-state index contributed by atoms with van der Waals surface area (Å²) in [6, 6.07) is 10.1. The van der Waals surface area contributed by atoms with E-state index in [1.165, 1.54) is 0 Å². The van der Waals surface area contributed by atoms with Gasteiger partial charge in [0, 0.05) is 18.0 Å². The molecule has 1 aliphatic heterocycles. The SMILES string of the molecule is C[C@@H]1OC(c2ccccc2)=NC[C@@H]1C. The van der Waals surface area contributed by atoms with Gasteiger partial charge in [-0.15, -0.1) is 0 Å². The van der Waals surface area contributed by atoms with Gasteiger partial charge < -0.3 is 4.74 Å². The summed E-state index contributed by atoms with van der Waals surface area (Å²) in [6.45, 7) is 5.13. The van der Waals surface area contributed by atoms with Gasteiger partial charge in [0.1, 0.15) is 6.10 Å². The van der Waals surface area contributed by atoms with E-state index < -0.39 is 0 Å². The molecule has 0 spiro atoms. The van der Waals surface area contributed by atoms with Crippen LogP contribution in [0.2, 0.25) is 0 Å². The van der Waals surface area contributed by atoms with Crippen molar-refractivity contribution in [2.45, 2.75) is 20.0 Å². The van der Waals surface area contributed by atoms with Crippen LogP contribution < -0.4 is 0 Å². The Morgan fingerprint density at radius 3 is 2.57 bits per heavy atom. The largest absolute Gasteiger partial charge is 0.474 e.